The summed E-state index contributed by atoms with van der Waals surface area (Å²) in [5.41, 5.74) is -1.25. The van der Waals surface area contributed by atoms with Gasteiger partial charge < -0.3 is 54.7 Å². The van der Waals surface area contributed by atoms with Gasteiger partial charge in [0, 0.05) is 30.5 Å². The SMILES string of the molecule is CCCCCCCCCC(=O)Cc1cc(O)c(O)cc1-c1oc2cc(O)cc(O)c2c(=O)c1O[C@@H]1O[C@H](CO)[C@H](O)[C@H](O)[C@H]1O. The number of carbonyl (C=O) groups is 1. The quantitative estimate of drug-likeness (QED) is 0.0946. The number of phenols is 4. The lowest BCUT2D eigenvalue weighted by molar-refractivity contribution is -0.277. The smallest absolute Gasteiger partial charge is 0.239 e. The third-order valence-corrected chi connectivity index (χ3v) is 7.89. The van der Waals surface area contributed by atoms with Gasteiger partial charge in [-0.15, -0.1) is 0 Å². The Morgan fingerprint density at radius 2 is 1.51 bits per heavy atom. The van der Waals surface area contributed by atoms with E-state index >= 15 is 0 Å². The van der Waals surface area contributed by atoms with Gasteiger partial charge >= 0.3 is 0 Å². The van der Waals surface area contributed by atoms with Gasteiger partial charge in [0.1, 0.15) is 52.7 Å². The van der Waals surface area contributed by atoms with Crippen LogP contribution < -0.4 is 10.2 Å². The molecule has 13 heteroatoms. The molecule has 1 fully saturated rings. The predicted octanol–water partition coefficient (Wildman–Crippen LogP) is 2.71. The number of aliphatic hydroxyl groups excluding tert-OH is 4. The molecule has 0 spiro atoms. The van der Waals surface area contributed by atoms with E-state index < -0.39 is 82.6 Å². The van der Waals surface area contributed by atoms with Gasteiger partial charge in [-0.25, -0.2) is 0 Å². The summed E-state index contributed by atoms with van der Waals surface area (Å²) in [7, 11) is 0. The van der Waals surface area contributed by atoms with Gasteiger partial charge in [0.2, 0.25) is 17.5 Å². The molecule has 1 aromatic heterocycles. The first-order valence-corrected chi connectivity index (χ1v) is 15.0. The largest absolute Gasteiger partial charge is 0.508 e. The summed E-state index contributed by atoms with van der Waals surface area (Å²) in [5, 5.41) is 81.4. The molecule has 5 atom stereocenters. The van der Waals surface area contributed by atoms with Gasteiger partial charge in [0.25, 0.3) is 0 Å². The lowest BCUT2D eigenvalue weighted by Gasteiger charge is -2.39. The second-order valence-electron chi connectivity index (χ2n) is 11.3. The molecule has 1 saturated heterocycles. The zero-order valence-corrected chi connectivity index (χ0v) is 24.9. The standard InChI is InChI=1S/C32H40O13/c1-2-3-4-5-6-7-8-9-17(34)10-16-11-20(36)21(37)14-19(16)30-31(27(40)25-22(38)12-18(35)13-23(25)43-30)45-32-29(42)28(41)26(39)24(15-33)44-32/h11-14,24,26,28-29,32-33,35-39,41-42H,2-10,15H2,1H3/t24-,26+,28+,29-,32+/m1/s1. The van der Waals surface area contributed by atoms with Crippen LogP contribution in [-0.4, -0.2) is 83.9 Å². The number of hydrogen-bond donors (Lipinski definition) is 8. The molecule has 0 amide bonds. The van der Waals surface area contributed by atoms with Gasteiger partial charge in [0.15, 0.2) is 17.3 Å². The monoisotopic (exact) mass is 632 g/mol. The average Bonchev–Trinajstić information content (AvgIpc) is 2.99. The molecule has 0 aliphatic carbocycles. The minimum atomic E-state index is -1.92. The van der Waals surface area contributed by atoms with E-state index in [4.69, 9.17) is 13.9 Å². The predicted molar refractivity (Wildman–Crippen MR) is 160 cm³/mol. The summed E-state index contributed by atoms with van der Waals surface area (Å²) in [5.74, 6) is -3.62. The number of benzene rings is 2. The Bertz CT molecular complexity index is 1550. The van der Waals surface area contributed by atoms with Crippen molar-refractivity contribution in [1.82, 2.24) is 0 Å². The van der Waals surface area contributed by atoms with E-state index in [0.717, 1.165) is 62.8 Å². The number of fused-ring (bicyclic) bond motifs is 1. The van der Waals surface area contributed by atoms with Crippen molar-refractivity contribution < 1.29 is 59.5 Å². The molecule has 1 aliphatic heterocycles. The number of ether oxygens (including phenoxy) is 2. The molecule has 2 aromatic carbocycles. The Morgan fingerprint density at radius 1 is 0.844 bits per heavy atom. The summed E-state index contributed by atoms with van der Waals surface area (Å²) in [6.45, 7) is 1.36. The van der Waals surface area contributed by atoms with Gasteiger partial charge in [0.05, 0.1) is 6.61 Å². The van der Waals surface area contributed by atoms with Crippen molar-refractivity contribution in [2.45, 2.75) is 95.4 Å². The molecule has 246 valence electrons. The van der Waals surface area contributed by atoms with Crippen LogP contribution in [0.2, 0.25) is 0 Å². The van der Waals surface area contributed by atoms with Crippen molar-refractivity contribution in [3.63, 3.8) is 0 Å². The normalized spacial score (nSPS) is 21.7. The number of carbonyl (C=O) groups excluding carboxylic acids is 1. The van der Waals surface area contributed by atoms with Gasteiger partial charge in [-0.3, -0.25) is 9.59 Å². The number of Topliss-reactive ketones (excluding diaryl/α,β-unsaturated/α-hetero) is 1. The van der Waals surface area contributed by atoms with E-state index in [0.29, 0.717) is 6.42 Å². The van der Waals surface area contributed by atoms with Crippen molar-refractivity contribution >= 4 is 16.8 Å². The first-order valence-electron chi connectivity index (χ1n) is 15.0. The summed E-state index contributed by atoms with van der Waals surface area (Å²) >= 11 is 0. The molecule has 4 rings (SSSR count). The van der Waals surface area contributed by atoms with E-state index in [1.165, 1.54) is 0 Å². The minimum Gasteiger partial charge on any atom is -0.508 e. The molecular weight excluding hydrogens is 592 g/mol. The third-order valence-electron chi connectivity index (χ3n) is 7.89. The van der Waals surface area contributed by atoms with Gasteiger partial charge in [-0.1, -0.05) is 45.4 Å². The Hall–Kier alpha value is -3.88. The Labute approximate surface area is 258 Å². The van der Waals surface area contributed by atoms with Gasteiger partial charge in [-0.2, -0.15) is 0 Å². The molecule has 1 aliphatic rings. The van der Waals surface area contributed by atoms with Crippen molar-refractivity contribution in [3.05, 3.63) is 40.1 Å². The molecule has 45 heavy (non-hydrogen) atoms. The highest BCUT2D eigenvalue weighted by molar-refractivity contribution is 5.90. The van der Waals surface area contributed by atoms with Crippen LogP contribution in [-0.2, 0) is 16.0 Å². The summed E-state index contributed by atoms with van der Waals surface area (Å²) in [6.07, 6.45) is -1.65. The Kier molecular flexibility index (Phi) is 11.3. The first kappa shape index (κ1) is 34.0. The van der Waals surface area contributed by atoms with E-state index in [1.54, 1.807) is 0 Å². The molecule has 13 nitrogen and oxygen atoms in total. The second kappa shape index (κ2) is 14.9. The fraction of sp³-hybridized carbons (Fsp3) is 0.500. The number of aromatic hydroxyl groups is 4. The van der Waals surface area contributed by atoms with Crippen LogP contribution in [0, 0.1) is 0 Å². The maximum Gasteiger partial charge on any atom is 0.239 e. The molecule has 0 saturated carbocycles. The van der Waals surface area contributed by atoms with E-state index in [-0.39, 0.29) is 35.3 Å². The highest BCUT2D eigenvalue weighted by atomic mass is 16.7. The number of ketones is 1. The number of aliphatic hydroxyl groups is 4. The molecular formula is C32H40O13. The summed E-state index contributed by atoms with van der Waals surface area (Å²) < 4.78 is 17.0. The number of phenolic OH excluding ortho intramolecular Hbond substituents is 4. The van der Waals surface area contributed by atoms with Crippen molar-refractivity contribution in [1.29, 1.82) is 0 Å². The lowest BCUT2D eigenvalue weighted by atomic mass is 9.96. The first-order chi connectivity index (χ1) is 21.5. The topological polar surface area (TPSA) is 228 Å². The second-order valence-corrected chi connectivity index (χ2v) is 11.3. The molecule has 8 N–H and O–H groups in total. The van der Waals surface area contributed by atoms with E-state index in [2.05, 4.69) is 6.92 Å². The summed E-state index contributed by atoms with van der Waals surface area (Å²) in [4.78, 5) is 26.8. The number of unbranched alkanes of at least 4 members (excludes halogenated alkanes) is 6. The minimum absolute atomic E-state index is 0.0698. The summed E-state index contributed by atoms with van der Waals surface area (Å²) in [6, 6.07) is 4.10. The zero-order chi connectivity index (χ0) is 32.8. The van der Waals surface area contributed by atoms with Crippen molar-refractivity contribution in [2.75, 3.05) is 6.61 Å². The Balaban J connectivity index is 1.75. The van der Waals surface area contributed by atoms with Crippen molar-refractivity contribution in [2.24, 2.45) is 0 Å². The molecule has 3 aromatic rings. The fourth-order valence-corrected chi connectivity index (χ4v) is 5.39. The van der Waals surface area contributed by atoms with E-state index in [1.807, 2.05) is 0 Å². The zero-order valence-electron chi connectivity index (χ0n) is 24.9. The van der Waals surface area contributed by atoms with Crippen LogP contribution in [0.25, 0.3) is 22.3 Å². The van der Waals surface area contributed by atoms with Crippen LogP contribution in [0.4, 0.5) is 0 Å². The highest BCUT2D eigenvalue weighted by Crippen LogP contribution is 2.41. The van der Waals surface area contributed by atoms with Crippen LogP contribution in [0.1, 0.15) is 63.9 Å². The lowest BCUT2D eigenvalue weighted by Crippen LogP contribution is -2.60. The van der Waals surface area contributed by atoms with E-state index in [9.17, 15) is 50.4 Å². The highest BCUT2D eigenvalue weighted by Gasteiger charge is 2.45. The van der Waals surface area contributed by atoms with Crippen LogP contribution in [0.15, 0.2) is 33.5 Å². The molecule has 0 radical (unpaired) electrons. The van der Waals surface area contributed by atoms with Crippen molar-refractivity contribution in [3.8, 4) is 40.1 Å². The van der Waals surface area contributed by atoms with Crippen LogP contribution in [0.3, 0.4) is 0 Å². The molecule has 0 unspecified atom stereocenters. The third kappa shape index (κ3) is 7.68. The Morgan fingerprint density at radius 3 is 2.20 bits per heavy atom. The fourth-order valence-electron chi connectivity index (χ4n) is 5.39. The number of rotatable bonds is 14. The van der Waals surface area contributed by atoms with Gasteiger partial charge in [-0.05, 0) is 24.1 Å². The maximum atomic E-state index is 13.8. The number of hydrogen-bond acceptors (Lipinski definition) is 13. The molecule has 0 bridgehead atoms. The average molecular weight is 633 g/mol. The van der Waals surface area contributed by atoms with Crippen LogP contribution >= 0.6 is 0 Å². The maximum absolute atomic E-state index is 13.8. The molecule has 2 heterocycles. The van der Waals surface area contributed by atoms with Crippen LogP contribution in [0.5, 0.6) is 28.7 Å².